The van der Waals surface area contributed by atoms with Crippen LogP contribution in [0.2, 0.25) is 0 Å². The van der Waals surface area contributed by atoms with Gasteiger partial charge in [0.15, 0.2) is 5.69 Å². The predicted molar refractivity (Wildman–Crippen MR) is 71.0 cm³/mol. The molecular formula is C12H18N6O2. The highest BCUT2D eigenvalue weighted by molar-refractivity contribution is 5.88. The first-order chi connectivity index (χ1) is 9.67. The number of hydrogen-bond acceptors (Lipinski definition) is 6. The molecule has 0 fully saturated rings. The normalized spacial score (nSPS) is 10.8. The molecule has 0 unspecified atom stereocenters. The number of hydrogen-bond donors (Lipinski definition) is 1. The summed E-state index contributed by atoms with van der Waals surface area (Å²) in [7, 11) is 3.21. The molecule has 0 atom stereocenters. The zero-order valence-electron chi connectivity index (χ0n) is 11.6. The highest BCUT2D eigenvalue weighted by Crippen LogP contribution is 2.09. The number of ether oxygens (including phenoxy) is 1. The molecule has 0 amide bonds. The number of methoxy groups -OCH3 is 1. The number of esters is 1. The van der Waals surface area contributed by atoms with Crippen molar-refractivity contribution in [2.24, 2.45) is 12.8 Å². The maximum atomic E-state index is 11.6. The minimum atomic E-state index is -0.486. The molecule has 0 saturated carbocycles. The van der Waals surface area contributed by atoms with E-state index in [9.17, 15) is 4.79 Å². The van der Waals surface area contributed by atoms with Crippen LogP contribution in [0.15, 0.2) is 12.3 Å². The first-order valence-electron chi connectivity index (χ1n) is 6.35. The molecule has 8 heteroatoms. The third kappa shape index (κ3) is 2.85. The second-order valence-corrected chi connectivity index (χ2v) is 4.33. The lowest BCUT2D eigenvalue weighted by atomic mass is 10.2. The van der Waals surface area contributed by atoms with E-state index in [1.807, 2.05) is 13.1 Å². The lowest BCUT2D eigenvalue weighted by Crippen LogP contribution is -2.15. The van der Waals surface area contributed by atoms with Gasteiger partial charge >= 0.3 is 5.97 Å². The molecule has 2 aromatic rings. The Bertz CT molecular complexity index is 589. The molecule has 20 heavy (non-hydrogen) atoms. The van der Waals surface area contributed by atoms with E-state index in [1.54, 1.807) is 15.6 Å². The Labute approximate surface area is 116 Å². The number of carbonyl (C=O) groups is 1. The monoisotopic (exact) mass is 278 g/mol. The summed E-state index contributed by atoms with van der Waals surface area (Å²) in [5, 5.41) is 12.0. The molecule has 0 radical (unpaired) electrons. The van der Waals surface area contributed by atoms with Crippen LogP contribution in [0, 0.1) is 0 Å². The smallest absolute Gasteiger partial charge is 0.360 e. The molecule has 108 valence electrons. The molecular weight excluding hydrogens is 260 g/mol. The number of aryl methyl sites for hydroxylation is 3. The Morgan fingerprint density at radius 1 is 1.45 bits per heavy atom. The highest BCUT2D eigenvalue weighted by Gasteiger charge is 2.19. The summed E-state index contributed by atoms with van der Waals surface area (Å²) in [6, 6.07) is 1.95. The van der Waals surface area contributed by atoms with E-state index in [0.717, 1.165) is 12.1 Å². The first-order valence-corrected chi connectivity index (χ1v) is 6.35. The van der Waals surface area contributed by atoms with Crippen molar-refractivity contribution in [3.8, 4) is 0 Å². The van der Waals surface area contributed by atoms with Gasteiger partial charge in [-0.25, -0.2) is 9.48 Å². The van der Waals surface area contributed by atoms with Gasteiger partial charge in [0.05, 0.1) is 12.8 Å². The second kappa shape index (κ2) is 6.29. The summed E-state index contributed by atoms with van der Waals surface area (Å²) in [6.45, 7) is 1.03. The summed E-state index contributed by atoms with van der Waals surface area (Å²) in [5.41, 5.74) is 7.61. The molecule has 0 aliphatic carbocycles. The Morgan fingerprint density at radius 3 is 2.85 bits per heavy atom. The summed E-state index contributed by atoms with van der Waals surface area (Å²) in [4.78, 5) is 11.6. The minimum absolute atomic E-state index is 0.239. The number of rotatable bonds is 6. The highest BCUT2D eigenvalue weighted by atomic mass is 16.5. The Kier molecular flexibility index (Phi) is 4.46. The fourth-order valence-corrected chi connectivity index (χ4v) is 2.02. The van der Waals surface area contributed by atoms with E-state index in [-0.39, 0.29) is 5.69 Å². The summed E-state index contributed by atoms with van der Waals surface area (Å²) in [5.74, 6) is -0.486. The van der Waals surface area contributed by atoms with Crippen LogP contribution in [0.25, 0.3) is 0 Å². The van der Waals surface area contributed by atoms with Gasteiger partial charge < -0.3 is 10.5 Å². The largest absolute Gasteiger partial charge is 0.464 e. The van der Waals surface area contributed by atoms with Gasteiger partial charge in [-0.05, 0) is 12.6 Å². The number of nitrogens with two attached hydrogens (primary N) is 1. The standard InChI is InChI=1S/C12H18N6O2/c1-17-9(4-7-14-17)5-8-18-10(3-6-13)11(15-16-18)12(19)20-2/h4,7H,3,5-6,8,13H2,1-2H3. The van der Waals surface area contributed by atoms with Crippen LogP contribution < -0.4 is 5.73 Å². The molecule has 2 heterocycles. The van der Waals surface area contributed by atoms with Gasteiger partial charge in [0.25, 0.3) is 0 Å². The van der Waals surface area contributed by atoms with Crippen molar-refractivity contribution in [3.05, 3.63) is 29.3 Å². The lowest BCUT2D eigenvalue weighted by Gasteiger charge is -2.07. The molecule has 2 rings (SSSR count). The van der Waals surface area contributed by atoms with Crippen molar-refractivity contribution in [1.29, 1.82) is 0 Å². The lowest BCUT2D eigenvalue weighted by molar-refractivity contribution is 0.0592. The van der Waals surface area contributed by atoms with Gasteiger partial charge in [-0.2, -0.15) is 5.10 Å². The van der Waals surface area contributed by atoms with Crippen LogP contribution in [0.3, 0.4) is 0 Å². The summed E-state index contributed by atoms with van der Waals surface area (Å²) >= 11 is 0. The van der Waals surface area contributed by atoms with Gasteiger partial charge in [-0.1, -0.05) is 5.21 Å². The fraction of sp³-hybridized carbons (Fsp3) is 0.500. The van der Waals surface area contributed by atoms with Crippen LogP contribution in [0.4, 0.5) is 0 Å². The van der Waals surface area contributed by atoms with Crippen molar-refractivity contribution in [3.63, 3.8) is 0 Å². The summed E-state index contributed by atoms with van der Waals surface area (Å²) < 4.78 is 8.20. The Balaban J connectivity index is 2.17. The Morgan fingerprint density at radius 2 is 2.25 bits per heavy atom. The number of nitrogens with zero attached hydrogens (tertiary/aromatic N) is 5. The van der Waals surface area contributed by atoms with E-state index >= 15 is 0 Å². The zero-order valence-corrected chi connectivity index (χ0v) is 11.6. The molecule has 0 aromatic carbocycles. The van der Waals surface area contributed by atoms with Gasteiger partial charge in [0.1, 0.15) is 0 Å². The van der Waals surface area contributed by atoms with Crippen LogP contribution >= 0.6 is 0 Å². The average molecular weight is 278 g/mol. The van der Waals surface area contributed by atoms with Crippen LogP contribution in [-0.2, 0) is 31.2 Å². The summed E-state index contributed by atoms with van der Waals surface area (Å²) in [6.07, 6.45) is 3.03. The van der Waals surface area contributed by atoms with Crippen LogP contribution in [0.5, 0.6) is 0 Å². The quantitative estimate of drug-likeness (QED) is 0.718. The number of carbonyl (C=O) groups excluding carboxylic acids is 1. The molecule has 0 aliphatic rings. The average Bonchev–Trinajstić information content (AvgIpc) is 3.03. The molecule has 0 bridgehead atoms. The van der Waals surface area contributed by atoms with Gasteiger partial charge in [0, 0.05) is 38.3 Å². The maximum absolute atomic E-state index is 11.6. The molecule has 2 aromatic heterocycles. The number of aromatic nitrogens is 5. The van der Waals surface area contributed by atoms with E-state index in [2.05, 4.69) is 15.4 Å². The van der Waals surface area contributed by atoms with Crippen molar-refractivity contribution >= 4 is 5.97 Å². The zero-order chi connectivity index (χ0) is 14.5. The van der Waals surface area contributed by atoms with Crippen molar-refractivity contribution < 1.29 is 9.53 Å². The van der Waals surface area contributed by atoms with E-state index < -0.39 is 5.97 Å². The van der Waals surface area contributed by atoms with E-state index in [4.69, 9.17) is 10.5 Å². The maximum Gasteiger partial charge on any atom is 0.360 e. The second-order valence-electron chi connectivity index (χ2n) is 4.33. The first kappa shape index (κ1) is 14.2. The predicted octanol–water partition coefficient (Wildman–Crippen LogP) is -0.458. The molecule has 0 aliphatic heterocycles. The van der Waals surface area contributed by atoms with Crippen molar-refractivity contribution in [1.82, 2.24) is 24.8 Å². The van der Waals surface area contributed by atoms with E-state index in [0.29, 0.717) is 25.2 Å². The molecule has 2 N–H and O–H groups in total. The van der Waals surface area contributed by atoms with Crippen LogP contribution in [0.1, 0.15) is 21.9 Å². The minimum Gasteiger partial charge on any atom is -0.464 e. The van der Waals surface area contributed by atoms with Gasteiger partial charge in [-0.3, -0.25) is 4.68 Å². The molecule has 0 saturated heterocycles. The topological polar surface area (TPSA) is 101 Å². The van der Waals surface area contributed by atoms with E-state index in [1.165, 1.54) is 7.11 Å². The van der Waals surface area contributed by atoms with Crippen molar-refractivity contribution in [2.75, 3.05) is 13.7 Å². The van der Waals surface area contributed by atoms with Gasteiger partial charge in [-0.15, -0.1) is 5.10 Å². The van der Waals surface area contributed by atoms with Crippen molar-refractivity contribution in [2.45, 2.75) is 19.4 Å². The SMILES string of the molecule is COC(=O)c1nnn(CCc2ccnn2C)c1CCN. The third-order valence-corrected chi connectivity index (χ3v) is 3.10. The van der Waals surface area contributed by atoms with Gasteiger partial charge in [0.2, 0.25) is 0 Å². The van der Waals surface area contributed by atoms with Crippen LogP contribution in [-0.4, -0.2) is 44.4 Å². The molecule has 0 spiro atoms. The third-order valence-electron chi connectivity index (χ3n) is 3.10. The Hall–Kier alpha value is -2.22. The molecule has 8 nitrogen and oxygen atoms in total. The fourth-order valence-electron chi connectivity index (χ4n) is 2.02.